The van der Waals surface area contributed by atoms with E-state index < -0.39 is 0 Å². The quantitative estimate of drug-likeness (QED) is 0.651. The van der Waals surface area contributed by atoms with Gasteiger partial charge >= 0.3 is 0 Å². The molecule has 3 nitrogen and oxygen atoms in total. The van der Waals surface area contributed by atoms with Crippen molar-refractivity contribution in [1.82, 2.24) is 5.32 Å². The Balaban J connectivity index is 2.19. The highest BCUT2D eigenvalue weighted by Gasteiger charge is 2.25. The molecule has 20 heavy (non-hydrogen) atoms. The monoisotopic (exact) mass is 300 g/mol. The summed E-state index contributed by atoms with van der Waals surface area (Å²) in [6, 6.07) is 0.422. The maximum absolute atomic E-state index is 12.0. The smallest absolute Gasteiger partial charge is 0.220 e. The molecular weight excluding hydrogens is 268 g/mol. The molecule has 1 amide bonds. The number of thioether (sulfide) groups is 1. The molecule has 0 aliphatic heterocycles. The van der Waals surface area contributed by atoms with Gasteiger partial charge in [0.2, 0.25) is 5.91 Å². The van der Waals surface area contributed by atoms with Crippen LogP contribution in [0.5, 0.6) is 0 Å². The molecule has 1 rings (SSSR count). The Hall–Kier alpha value is -0.220. The second-order valence-corrected chi connectivity index (χ2v) is 7.50. The van der Waals surface area contributed by atoms with Crippen LogP contribution in [-0.4, -0.2) is 29.5 Å². The molecule has 0 bridgehead atoms. The van der Waals surface area contributed by atoms with Crippen molar-refractivity contribution in [1.29, 1.82) is 0 Å². The summed E-state index contributed by atoms with van der Waals surface area (Å²) in [7, 11) is 0. The Labute approximate surface area is 128 Å². The minimum absolute atomic E-state index is 0.246. The topological polar surface area (TPSA) is 55.1 Å². The van der Waals surface area contributed by atoms with Gasteiger partial charge in [0, 0.05) is 17.7 Å². The Morgan fingerprint density at radius 2 is 2.10 bits per heavy atom. The van der Waals surface area contributed by atoms with Crippen molar-refractivity contribution in [3.8, 4) is 0 Å². The minimum atomic E-state index is 0.246. The van der Waals surface area contributed by atoms with E-state index in [0.717, 1.165) is 37.5 Å². The summed E-state index contributed by atoms with van der Waals surface area (Å²) in [5.74, 6) is 2.06. The van der Waals surface area contributed by atoms with Gasteiger partial charge in [-0.1, -0.05) is 26.7 Å². The molecule has 1 aliphatic rings. The first-order valence-electron chi connectivity index (χ1n) is 8.30. The van der Waals surface area contributed by atoms with Gasteiger partial charge in [-0.25, -0.2) is 0 Å². The van der Waals surface area contributed by atoms with Gasteiger partial charge in [-0.3, -0.25) is 4.79 Å². The molecule has 3 atom stereocenters. The Morgan fingerprint density at radius 1 is 1.30 bits per heavy atom. The first-order chi connectivity index (χ1) is 9.69. The summed E-state index contributed by atoms with van der Waals surface area (Å²) >= 11 is 2.04. The first kappa shape index (κ1) is 17.8. The summed E-state index contributed by atoms with van der Waals surface area (Å²) < 4.78 is 0. The fourth-order valence-corrected chi connectivity index (χ4v) is 4.31. The van der Waals surface area contributed by atoms with E-state index in [0.29, 0.717) is 18.4 Å². The molecule has 1 aliphatic carbocycles. The molecule has 0 saturated heterocycles. The van der Waals surface area contributed by atoms with Gasteiger partial charge < -0.3 is 11.1 Å². The number of hydrogen-bond donors (Lipinski definition) is 2. The zero-order chi connectivity index (χ0) is 14.8. The van der Waals surface area contributed by atoms with E-state index in [1.807, 2.05) is 11.8 Å². The second-order valence-electron chi connectivity index (χ2n) is 5.93. The molecule has 0 aromatic heterocycles. The lowest BCUT2D eigenvalue weighted by Crippen LogP contribution is -2.33. The van der Waals surface area contributed by atoms with E-state index >= 15 is 0 Å². The predicted octanol–water partition coefficient (Wildman–Crippen LogP) is 3.32. The van der Waals surface area contributed by atoms with Crippen molar-refractivity contribution in [2.24, 2.45) is 11.7 Å². The predicted molar refractivity (Wildman–Crippen MR) is 89.0 cm³/mol. The lowest BCUT2D eigenvalue weighted by Gasteiger charge is -2.17. The average molecular weight is 301 g/mol. The standard InChI is InChI=1S/C16H32N2OS/c1-3-5-13(10-11-17)6-9-16(19)18-14-7-8-15(12-14)20-4-2/h13-15H,3-12,17H2,1-2H3,(H,18,19). The van der Waals surface area contributed by atoms with Gasteiger partial charge in [0.1, 0.15) is 0 Å². The highest BCUT2D eigenvalue weighted by molar-refractivity contribution is 7.99. The van der Waals surface area contributed by atoms with Gasteiger partial charge in [-0.2, -0.15) is 11.8 Å². The number of carbonyl (C=O) groups is 1. The van der Waals surface area contributed by atoms with E-state index in [9.17, 15) is 4.79 Å². The van der Waals surface area contributed by atoms with Gasteiger partial charge in [0.15, 0.2) is 0 Å². The third-order valence-electron chi connectivity index (χ3n) is 4.20. The van der Waals surface area contributed by atoms with Crippen LogP contribution < -0.4 is 11.1 Å². The van der Waals surface area contributed by atoms with Crippen molar-refractivity contribution in [3.05, 3.63) is 0 Å². The zero-order valence-corrected chi connectivity index (χ0v) is 14.0. The van der Waals surface area contributed by atoms with Crippen LogP contribution in [0.3, 0.4) is 0 Å². The Bertz CT molecular complexity index is 267. The molecule has 3 N–H and O–H groups in total. The van der Waals surface area contributed by atoms with Crippen LogP contribution in [0.25, 0.3) is 0 Å². The summed E-state index contributed by atoms with van der Waals surface area (Å²) in [5.41, 5.74) is 5.64. The average Bonchev–Trinajstić information content (AvgIpc) is 2.84. The van der Waals surface area contributed by atoms with Crippen LogP contribution in [0.2, 0.25) is 0 Å². The van der Waals surface area contributed by atoms with Crippen LogP contribution in [0.4, 0.5) is 0 Å². The summed E-state index contributed by atoms with van der Waals surface area (Å²) in [5, 5.41) is 3.98. The van der Waals surface area contributed by atoms with Crippen molar-refractivity contribution >= 4 is 17.7 Å². The number of hydrogen-bond acceptors (Lipinski definition) is 3. The van der Waals surface area contributed by atoms with E-state index in [4.69, 9.17) is 5.73 Å². The number of carbonyl (C=O) groups excluding carboxylic acids is 1. The molecule has 1 fully saturated rings. The molecule has 0 aromatic rings. The molecular formula is C16H32N2OS. The maximum atomic E-state index is 12.0. The molecule has 0 aromatic carbocycles. The van der Waals surface area contributed by atoms with E-state index in [2.05, 4.69) is 19.2 Å². The van der Waals surface area contributed by atoms with E-state index in [-0.39, 0.29) is 5.91 Å². The Kier molecular flexibility index (Phi) is 9.36. The molecule has 3 unspecified atom stereocenters. The maximum Gasteiger partial charge on any atom is 0.220 e. The third-order valence-corrected chi connectivity index (χ3v) is 5.44. The molecule has 1 saturated carbocycles. The molecule has 0 heterocycles. The van der Waals surface area contributed by atoms with E-state index in [1.54, 1.807) is 0 Å². The fourth-order valence-electron chi connectivity index (χ4n) is 3.17. The van der Waals surface area contributed by atoms with Crippen LogP contribution in [0.1, 0.15) is 65.2 Å². The van der Waals surface area contributed by atoms with Crippen molar-refractivity contribution in [2.45, 2.75) is 76.5 Å². The number of nitrogens with two attached hydrogens (primary N) is 1. The summed E-state index contributed by atoms with van der Waals surface area (Å²) in [6.45, 7) is 5.15. The van der Waals surface area contributed by atoms with Crippen molar-refractivity contribution in [2.75, 3.05) is 12.3 Å². The van der Waals surface area contributed by atoms with Crippen LogP contribution in [0.15, 0.2) is 0 Å². The first-order valence-corrected chi connectivity index (χ1v) is 9.35. The number of amides is 1. The molecule has 0 radical (unpaired) electrons. The summed E-state index contributed by atoms with van der Waals surface area (Å²) in [6.07, 6.45) is 8.68. The highest BCUT2D eigenvalue weighted by Crippen LogP contribution is 2.29. The van der Waals surface area contributed by atoms with Crippen LogP contribution in [-0.2, 0) is 4.79 Å². The Morgan fingerprint density at radius 3 is 2.75 bits per heavy atom. The molecule has 118 valence electrons. The van der Waals surface area contributed by atoms with Gasteiger partial charge in [0.25, 0.3) is 0 Å². The lowest BCUT2D eigenvalue weighted by atomic mass is 9.94. The van der Waals surface area contributed by atoms with Gasteiger partial charge in [-0.05, 0) is 50.3 Å². The zero-order valence-electron chi connectivity index (χ0n) is 13.2. The molecule has 0 spiro atoms. The SMILES string of the molecule is CCCC(CCN)CCC(=O)NC1CCC(SCC)C1. The third kappa shape index (κ3) is 6.98. The largest absolute Gasteiger partial charge is 0.353 e. The van der Waals surface area contributed by atoms with Gasteiger partial charge in [-0.15, -0.1) is 0 Å². The van der Waals surface area contributed by atoms with E-state index in [1.165, 1.54) is 25.0 Å². The van der Waals surface area contributed by atoms with Crippen LogP contribution in [0, 0.1) is 5.92 Å². The van der Waals surface area contributed by atoms with Crippen LogP contribution >= 0.6 is 11.8 Å². The molecule has 4 heteroatoms. The lowest BCUT2D eigenvalue weighted by molar-refractivity contribution is -0.122. The second kappa shape index (κ2) is 10.5. The minimum Gasteiger partial charge on any atom is -0.353 e. The van der Waals surface area contributed by atoms with Crippen molar-refractivity contribution < 1.29 is 4.79 Å². The summed E-state index contributed by atoms with van der Waals surface area (Å²) in [4.78, 5) is 12.0. The van der Waals surface area contributed by atoms with Crippen molar-refractivity contribution in [3.63, 3.8) is 0 Å². The fraction of sp³-hybridized carbons (Fsp3) is 0.938. The number of rotatable bonds is 10. The number of nitrogens with one attached hydrogen (secondary N) is 1. The highest BCUT2D eigenvalue weighted by atomic mass is 32.2. The van der Waals surface area contributed by atoms with Gasteiger partial charge in [0.05, 0.1) is 0 Å². The normalized spacial score (nSPS) is 23.8.